The van der Waals surface area contributed by atoms with E-state index in [-0.39, 0.29) is 5.91 Å². The number of carbonyl (C=O) groups excluding carboxylic acids is 1. The molecule has 1 aromatic heterocycles. The first-order valence-electron chi connectivity index (χ1n) is 6.88. The van der Waals surface area contributed by atoms with Crippen LogP contribution in [0, 0.1) is 0 Å². The molecule has 0 saturated carbocycles. The molecule has 2 aromatic rings. The lowest BCUT2D eigenvalue weighted by atomic mass is 10.0. The van der Waals surface area contributed by atoms with Crippen molar-refractivity contribution in [2.75, 3.05) is 6.54 Å². The highest BCUT2D eigenvalue weighted by Crippen LogP contribution is 2.21. The number of hydrogen-bond acceptors (Lipinski definition) is 3. The summed E-state index contributed by atoms with van der Waals surface area (Å²) in [7, 11) is 0. The van der Waals surface area contributed by atoms with Crippen LogP contribution < -0.4 is 0 Å². The van der Waals surface area contributed by atoms with Crippen molar-refractivity contribution >= 4 is 16.9 Å². The normalized spacial score (nSPS) is 19.8. The predicted molar refractivity (Wildman–Crippen MR) is 72.7 cm³/mol. The van der Waals surface area contributed by atoms with Crippen molar-refractivity contribution in [3.05, 3.63) is 30.0 Å². The lowest BCUT2D eigenvalue weighted by molar-refractivity contribution is -0.133. The van der Waals surface area contributed by atoms with Crippen molar-refractivity contribution in [1.82, 2.24) is 10.1 Å². The van der Waals surface area contributed by atoms with E-state index in [9.17, 15) is 4.79 Å². The maximum absolute atomic E-state index is 12.4. The van der Waals surface area contributed by atoms with Gasteiger partial charge in [0, 0.05) is 18.0 Å². The van der Waals surface area contributed by atoms with Crippen molar-refractivity contribution in [3.63, 3.8) is 0 Å². The van der Waals surface area contributed by atoms with Gasteiger partial charge < -0.3 is 9.42 Å². The third-order valence-electron chi connectivity index (χ3n) is 3.89. The van der Waals surface area contributed by atoms with E-state index < -0.39 is 0 Å². The number of carbonyl (C=O) groups is 1. The zero-order valence-corrected chi connectivity index (χ0v) is 11.1. The van der Waals surface area contributed by atoms with Gasteiger partial charge in [-0.05, 0) is 38.3 Å². The third-order valence-corrected chi connectivity index (χ3v) is 3.89. The maximum Gasteiger partial charge on any atom is 0.228 e. The molecule has 1 saturated heterocycles. The number of benzene rings is 1. The van der Waals surface area contributed by atoms with Gasteiger partial charge in [0.2, 0.25) is 5.91 Å². The summed E-state index contributed by atoms with van der Waals surface area (Å²) in [6.07, 6.45) is 3.76. The van der Waals surface area contributed by atoms with E-state index in [2.05, 4.69) is 12.1 Å². The molecule has 0 radical (unpaired) electrons. The molecule has 1 unspecified atom stereocenters. The molecule has 3 rings (SSSR count). The number of rotatable bonds is 2. The van der Waals surface area contributed by atoms with Crippen LogP contribution in [0.25, 0.3) is 11.0 Å². The molecular weight excluding hydrogens is 240 g/mol. The number of likely N-dealkylation sites (tertiary alicyclic amines) is 1. The third kappa shape index (κ3) is 2.35. The predicted octanol–water partition coefficient (Wildman–Crippen LogP) is 2.77. The van der Waals surface area contributed by atoms with Crippen LogP contribution in [0.1, 0.15) is 31.9 Å². The standard InChI is InChI=1S/C15H18N2O2/c1-11-6-4-5-9-17(11)15(18)10-13-12-7-2-3-8-14(12)19-16-13/h2-3,7-8,11H,4-6,9-10H2,1H3. The molecule has 0 spiro atoms. The van der Waals surface area contributed by atoms with Gasteiger partial charge in [-0.25, -0.2) is 0 Å². The summed E-state index contributed by atoms with van der Waals surface area (Å²) in [4.78, 5) is 14.3. The molecule has 1 aromatic carbocycles. The van der Waals surface area contributed by atoms with E-state index in [1.54, 1.807) is 0 Å². The Labute approximate surface area is 112 Å². The Hall–Kier alpha value is -1.84. The van der Waals surface area contributed by atoms with Gasteiger partial charge in [-0.2, -0.15) is 0 Å². The Bertz CT molecular complexity index is 591. The second kappa shape index (κ2) is 5.03. The van der Waals surface area contributed by atoms with Crippen LogP contribution in [0.15, 0.2) is 28.8 Å². The smallest absolute Gasteiger partial charge is 0.228 e. The molecule has 0 N–H and O–H groups in total. The molecule has 1 amide bonds. The number of aromatic nitrogens is 1. The van der Waals surface area contributed by atoms with Crippen molar-refractivity contribution in [2.24, 2.45) is 0 Å². The largest absolute Gasteiger partial charge is 0.356 e. The Balaban J connectivity index is 1.79. The van der Waals surface area contributed by atoms with Crippen molar-refractivity contribution in [3.8, 4) is 0 Å². The second-order valence-electron chi connectivity index (χ2n) is 5.23. The lowest BCUT2D eigenvalue weighted by Crippen LogP contribution is -2.42. The Morgan fingerprint density at radius 3 is 3.11 bits per heavy atom. The van der Waals surface area contributed by atoms with Crippen molar-refractivity contribution in [1.29, 1.82) is 0 Å². The molecule has 4 heteroatoms. The van der Waals surface area contributed by atoms with Gasteiger partial charge in [0.05, 0.1) is 6.42 Å². The first-order valence-corrected chi connectivity index (χ1v) is 6.88. The van der Waals surface area contributed by atoms with E-state index in [1.807, 2.05) is 29.2 Å². The van der Waals surface area contributed by atoms with Crippen LogP contribution in [-0.2, 0) is 11.2 Å². The lowest BCUT2D eigenvalue weighted by Gasteiger charge is -2.33. The number of nitrogens with zero attached hydrogens (tertiary/aromatic N) is 2. The fourth-order valence-corrected chi connectivity index (χ4v) is 2.78. The minimum Gasteiger partial charge on any atom is -0.356 e. The number of para-hydroxylation sites is 1. The van der Waals surface area contributed by atoms with E-state index >= 15 is 0 Å². The summed E-state index contributed by atoms with van der Waals surface area (Å²) < 4.78 is 5.24. The summed E-state index contributed by atoms with van der Waals surface area (Å²) in [5.74, 6) is 0.159. The molecule has 100 valence electrons. The van der Waals surface area contributed by atoms with Gasteiger partial charge in [-0.3, -0.25) is 4.79 Å². The number of hydrogen-bond donors (Lipinski definition) is 0. The minimum atomic E-state index is 0.159. The number of piperidine rings is 1. The van der Waals surface area contributed by atoms with Crippen molar-refractivity contribution < 1.29 is 9.32 Å². The van der Waals surface area contributed by atoms with Gasteiger partial charge in [-0.15, -0.1) is 0 Å². The molecule has 1 atom stereocenters. The molecule has 1 aliphatic rings. The summed E-state index contributed by atoms with van der Waals surface area (Å²) in [6, 6.07) is 8.02. The molecule has 0 aliphatic carbocycles. The molecule has 1 fully saturated rings. The zero-order chi connectivity index (χ0) is 13.2. The Morgan fingerprint density at radius 2 is 2.26 bits per heavy atom. The van der Waals surface area contributed by atoms with E-state index in [4.69, 9.17) is 4.52 Å². The van der Waals surface area contributed by atoms with Crippen LogP contribution in [-0.4, -0.2) is 28.6 Å². The quantitative estimate of drug-likeness (QED) is 0.832. The molecule has 4 nitrogen and oxygen atoms in total. The monoisotopic (exact) mass is 258 g/mol. The number of fused-ring (bicyclic) bond motifs is 1. The summed E-state index contributed by atoms with van der Waals surface area (Å²) in [5, 5.41) is 4.98. The average Bonchev–Trinajstić information content (AvgIpc) is 2.83. The highest BCUT2D eigenvalue weighted by Gasteiger charge is 2.24. The van der Waals surface area contributed by atoms with Crippen LogP contribution >= 0.6 is 0 Å². The van der Waals surface area contributed by atoms with Crippen LogP contribution in [0.4, 0.5) is 0 Å². The van der Waals surface area contributed by atoms with Gasteiger partial charge in [0.15, 0.2) is 5.58 Å². The van der Waals surface area contributed by atoms with Gasteiger partial charge in [0.25, 0.3) is 0 Å². The topological polar surface area (TPSA) is 46.3 Å². The minimum absolute atomic E-state index is 0.159. The van der Waals surface area contributed by atoms with Gasteiger partial charge >= 0.3 is 0 Å². The summed E-state index contributed by atoms with van der Waals surface area (Å²) in [5.41, 5.74) is 1.50. The molecular formula is C15H18N2O2. The van der Waals surface area contributed by atoms with Crippen LogP contribution in [0.2, 0.25) is 0 Å². The number of amides is 1. The maximum atomic E-state index is 12.4. The molecule has 0 bridgehead atoms. The zero-order valence-electron chi connectivity index (χ0n) is 11.1. The Kier molecular flexibility index (Phi) is 3.23. The molecule has 2 heterocycles. The molecule has 19 heavy (non-hydrogen) atoms. The fraction of sp³-hybridized carbons (Fsp3) is 0.467. The first-order chi connectivity index (χ1) is 9.25. The van der Waals surface area contributed by atoms with Gasteiger partial charge in [-0.1, -0.05) is 17.3 Å². The highest BCUT2D eigenvalue weighted by atomic mass is 16.5. The van der Waals surface area contributed by atoms with Crippen LogP contribution in [0.3, 0.4) is 0 Å². The fourth-order valence-electron chi connectivity index (χ4n) is 2.78. The highest BCUT2D eigenvalue weighted by molar-refractivity contribution is 5.86. The van der Waals surface area contributed by atoms with E-state index in [0.717, 1.165) is 36.0 Å². The second-order valence-corrected chi connectivity index (χ2v) is 5.23. The van der Waals surface area contributed by atoms with Gasteiger partial charge in [0.1, 0.15) is 5.69 Å². The summed E-state index contributed by atoms with van der Waals surface area (Å²) in [6.45, 7) is 2.99. The SMILES string of the molecule is CC1CCCCN1C(=O)Cc1noc2ccccc12. The molecule has 1 aliphatic heterocycles. The Morgan fingerprint density at radius 1 is 1.42 bits per heavy atom. The first kappa shape index (κ1) is 12.2. The van der Waals surface area contributed by atoms with E-state index in [1.165, 1.54) is 6.42 Å². The average molecular weight is 258 g/mol. The van der Waals surface area contributed by atoms with E-state index in [0.29, 0.717) is 12.5 Å². The van der Waals surface area contributed by atoms with Crippen LogP contribution in [0.5, 0.6) is 0 Å². The van der Waals surface area contributed by atoms with Crippen molar-refractivity contribution in [2.45, 2.75) is 38.6 Å². The summed E-state index contributed by atoms with van der Waals surface area (Å²) >= 11 is 0.